The van der Waals surface area contributed by atoms with Crippen molar-refractivity contribution in [1.82, 2.24) is 9.88 Å². The molecule has 5 heteroatoms. The van der Waals surface area contributed by atoms with Gasteiger partial charge >= 0.3 is 0 Å². The van der Waals surface area contributed by atoms with E-state index in [2.05, 4.69) is 4.98 Å². The van der Waals surface area contributed by atoms with Crippen LogP contribution in [0.3, 0.4) is 0 Å². The quantitative estimate of drug-likeness (QED) is 0.778. The molecule has 0 spiro atoms. The van der Waals surface area contributed by atoms with E-state index < -0.39 is 0 Å². The molecule has 0 saturated heterocycles. The minimum absolute atomic E-state index is 0.00651. The first-order valence-corrected chi connectivity index (χ1v) is 7.50. The van der Waals surface area contributed by atoms with Crippen LogP contribution in [0.1, 0.15) is 36.0 Å². The minimum atomic E-state index is -0.00651. The van der Waals surface area contributed by atoms with Gasteiger partial charge in [0.2, 0.25) is 0 Å². The molecule has 1 heterocycles. The molecule has 0 unspecified atom stereocenters. The van der Waals surface area contributed by atoms with Crippen molar-refractivity contribution in [2.24, 2.45) is 11.8 Å². The van der Waals surface area contributed by atoms with Crippen molar-refractivity contribution >= 4 is 29.1 Å². The number of nitrogens with zero attached hydrogens (tertiary/aromatic N) is 2. The Morgan fingerprint density at radius 2 is 1.74 bits per heavy atom. The van der Waals surface area contributed by atoms with Crippen LogP contribution in [-0.4, -0.2) is 28.9 Å². The third kappa shape index (κ3) is 3.40. The van der Waals surface area contributed by atoms with Gasteiger partial charge in [-0.2, -0.15) is 0 Å². The number of rotatable bonds is 5. The standard InChI is InChI=1S/C14H16Cl2N2O/c15-12-6-5-11(13(16)17-12)14(19)18(7-9-1-2-9)8-10-3-4-10/h5-6,9-10H,1-4,7-8H2. The molecule has 102 valence electrons. The first kappa shape index (κ1) is 13.2. The summed E-state index contributed by atoms with van der Waals surface area (Å²) in [5, 5.41) is 0.520. The van der Waals surface area contributed by atoms with Crippen molar-refractivity contribution in [1.29, 1.82) is 0 Å². The van der Waals surface area contributed by atoms with Crippen LogP contribution < -0.4 is 0 Å². The summed E-state index contributed by atoms with van der Waals surface area (Å²) >= 11 is 11.8. The Balaban J connectivity index is 1.76. The third-order valence-electron chi connectivity index (χ3n) is 3.68. The van der Waals surface area contributed by atoms with E-state index in [1.807, 2.05) is 4.90 Å². The van der Waals surface area contributed by atoms with E-state index in [9.17, 15) is 4.79 Å². The number of amides is 1. The first-order valence-electron chi connectivity index (χ1n) is 6.75. The summed E-state index contributed by atoms with van der Waals surface area (Å²) < 4.78 is 0. The number of aromatic nitrogens is 1. The summed E-state index contributed by atoms with van der Waals surface area (Å²) in [5.74, 6) is 1.36. The average Bonchev–Trinajstić information content (AvgIpc) is 3.22. The third-order valence-corrected chi connectivity index (χ3v) is 4.18. The SMILES string of the molecule is O=C(c1ccc(Cl)nc1Cl)N(CC1CC1)CC1CC1. The Hall–Kier alpha value is -0.800. The molecule has 3 nitrogen and oxygen atoms in total. The lowest BCUT2D eigenvalue weighted by Gasteiger charge is -2.23. The van der Waals surface area contributed by atoms with Crippen LogP contribution >= 0.6 is 23.2 Å². The summed E-state index contributed by atoms with van der Waals surface area (Å²) in [6, 6.07) is 3.29. The molecule has 1 aromatic rings. The molecule has 0 radical (unpaired) electrons. The number of pyridine rings is 1. The van der Waals surface area contributed by atoms with Crippen molar-refractivity contribution in [3.8, 4) is 0 Å². The molecule has 2 fully saturated rings. The van der Waals surface area contributed by atoms with Crippen molar-refractivity contribution in [2.75, 3.05) is 13.1 Å². The normalized spacial score (nSPS) is 18.4. The highest BCUT2D eigenvalue weighted by atomic mass is 35.5. The van der Waals surface area contributed by atoms with Gasteiger partial charge in [0.1, 0.15) is 10.3 Å². The van der Waals surface area contributed by atoms with Gasteiger partial charge in [0.05, 0.1) is 5.56 Å². The molecule has 0 aliphatic heterocycles. The fourth-order valence-electron chi connectivity index (χ4n) is 2.21. The summed E-state index contributed by atoms with van der Waals surface area (Å²) in [7, 11) is 0. The number of carbonyl (C=O) groups is 1. The van der Waals surface area contributed by atoms with Gasteiger partial charge in [-0.3, -0.25) is 4.79 Å². The molecule has 2 aliphatic rings. The molecule has 1 amide bonds. The average molecular weight is 299 g/mol. The molecule has 0 atom stereocenters. The Labute approximate surface area is 122 Å². The first-order chi connectivity index (χ1) is 9.13. The molecule has 1 aromatic heterocycles. The summed E-state index contributed by atoms with van der Waals surface area (Å²) in [4.78, 5) is 18.5. The fourth-order valence-corrected chi connectivity index (χ4v) is 2.63. The second-order valence-corrected chi connectivity index (χ2v) is 6.31. The molecular weight excluding hydrogens is 283 g/mol. The lowest BCUT2D eigenvalue weighted by molar-refractivity contribution is 0.0739. The largest absolute Gasteiger partial charge is 0.338 e. The lowest BCUT2D eigenvalue weighted by Crippen LogP contribution is -2.35. The van der Waals surface area contributed by atoms with Crippen LogP contribution in [0.15, 0.2) is 12.1 Å². The van der Waals surface area contributed by atoms with Gasteiger partial charge in [0, 0.05) is 13.1 Å². The second-order valence-electron chi connectivity index (χ2n) is 5.57. The second kappa shape index (κ2) is 5.29. The van der Waals surface area contributed by atoms with Gasteiger partial charge in [-0.25, -0.2) is 4.98 Å². The van der Waals surface area contributed by atoms with E-state index in [0.29, 0.717) is 22.6 Å². The summed E-state index contributed by atoms with van der Waals surface area (Å²) in [5.41, 5.74) is 0.465. The molecule has 2 saturated carbocycles. The van der Waals surface area contributed by atoms with E-state index >= 15 is 0 Å². The molecule has 2 aliphatic carbocycles. The van der Waals surface area contributed by atoms with Crippen molar-refractivity contribution < 1.29 is 4.79 Å². The Kier molecular flexibility index (Phi) is 3.68. The molecule has 0 bridgehead atoms. The number of carbonyl (C=O) groups excluding carboxylic acids is 1. The number of halogens is 2. The maximum Gasteiger partial charge on any atom is 0.257 e. The zero-order valence-corrected chi connectivity index (χ0v) is 12.1. The highest BCUT2D eigenvalue weighted by Gasteiger charge is 2.32. The van der Waals surface area contributed by atoms with Gasteiger partial charge in [0.25, 0.3) is 5.91 Å². The maximum absolute atomic E-state index is 12.6. The highest BCUT2D eigenvalue weighted by molar-refractivity contribution is 6.34. The minimum Gasteiger partial charge on any atom is -0.338 e. The zero-order chi connectivity index (χ0) is 13.4. The van der Waals surface area contributed by atoms with Crippen LogP contribution in [0.5, 0.6) is 0 Å². The Morgan fingerprint density at radius 1 is 1.16 bits per heavy atom. The fraction of sp³-hybridized carbons (Fsp3) is 0.571. The van der Waals surface area contributed by atoms with E-state index in [4.69, 9.17) is 23.2 Å². The lowest BCUT2D eigenvalue weighted by atomic mass is 10.2. The molecule has 0 aromatic carbocycles. The van der Waals surface area contributed by atoms with Crippen LogP contribution in [0, 0.1) is 11.8 Å². The van der Waals surface area contributed by atoms with Gasteiger partial charge in [-0.05, 0) is 49.7 Å². The van der Waals surface area contributed by atoms with E-state index in [0.717, 1.165) is 13.1 Å². The number of hydrogen-bond donors (Lipinski definition) is 0. The van der Waals surface area contributed by atoms with Crippen LogP contribution in [0.25, 0.3) is 0 Å². The van der Waals surface area contributed by atoms with Crippen LogP contribution in [-0.2, 0) is 0 Å². The zero-order valence-electron chi connectivity index (χ0n) is 10.6. The predicted octanol–water partition coefficient (Wildman–Crippen LogP) is 3.65. The maximum atomic E-state index is 12.6. The van der Waals surface area contributed by atoms with Gasteiger partial charge in [-0.1, -0.05) is 23.2 Å². The molecular formula is C14H16Cl2N2O. The van der Waals surface area contributed by atoms with E-state index in [1.54, 1.807) is 12.1 Å². The van der Waals surface area contributed by atoms with Crippen molar-refractivity contribution in [3.63, 3.8) is 0 Å². The van der Waals surface area contributed by atoms with Gasteiger partial charge < -0.3 is 4.90 Å². The van der Waals surface area contributed by atoms with Crippen molar-refractivity contribution in [2.45, 2.75) is 25.7 Å². The highest BCUT2D eigenvalue weighted by Crippen LogP contribution is 2.34. The monoisotopic (exact) mass is 298 g/mol. The number of hydrogen-bond acceptors (Lipinski definition) is 2. The van der Waals surface area contributed by atoms with Gasteiger partial charge in [-0.15, -0.1) is 0 Å². The van der Waals surface area contributed by atoms with Gasteiger partial charge in [0.15, 0.2) is 0 Å². The Morgan fingerprint density at radius 3 is 2.21 bits per heavy atom. The smallest absolute Gasteiger partial charge is 0.257 e. The molecule has 3 rings (SSSR count). The summed E-state index contributed by atoms with van der Waals surface area (Å²) in [6.07, 6.45) is 4.95. The van der Waals surface area contributed by atoms with E-state index in [1.165, 1.54) is 25.7 Å². The molecule has 0 N–H and O–H groups in total. The topological polar surface area (TPSA) is 33.2 Å². The molecule has 19 heavy (non-hydrogen) atoms. The van der Waals surface area contributed by atoms with Crippen molar-refractivity contribution in [3.05, 3.63) is 28.0 Å². The van der Waals surface area contributed by atoms with Crippen LogP contribution in [0.2, 0.25) is 10.3 Å². The van der Waals surface area contributed by atoms with E-state index in [-0.39, 0.29) is 11.1 Å². The van der Waals surface area contributed by atoms with Crippen LogP contribution in [0.4, 0.5) is 0 Å². The predicted molar refractivity (Wildman–Crippen MR) is 75.6 cm³/mol. The summed E-state index contributed by atoms with van der Waals surface area (Å²) in [6.45, 7) is 1.71. The Bertz CT molecular complexity index is 484.